The Morgan fingerprint density at radius 1 is 1.43 bits per heavy atom. The van der Waals surface area contributed by atoms with Crippen molar-refractivity contribution >= 4 is 15.9 Å². The van der Waals surface area contributed by atoms with Gasteiger partial charge in [-0.2, -0.15) is 0 Å². The Labute approximate surface area is 95.2 Å². The highest BCUT2D eigenvalue weighted by molar-refractivity contribution is 9.09. The number of rotatable bonds is 6. The van der Waals surface area contributed by atoms with E-state index in [9.17, 15) is 5.11 Å². The van der Waals surface area contributed by atoms with Gasteiger partial charge in [0.05, 0.1) is 6.10 Å². The third kappa shape index (κ3) is 4.73. The summed E-state index contributed by atoms with van der Waals surface area (Å²) in [6, 6.07) is 0. The van der Waals surface area contributed by atoms with E-state index in [-0.39, 0.29) is 6.10 Å². The molecule has 1 N–H and O–H groups in total. The Balaban J connectivity index is 2.04. The standard InChI is InChI=1S/C10H21BrN2O/c1-12(9-10(14)8-11)6-7-13-4-2-3-5-13/h10,14H,2-9H2,1H3. The SMILES string of the molecule is CN(CCN1CCCC1)CC(O)CBr. The van der Waals surface area contributed by atoms with E-state index in [4.69, 9.17) is 0 Å². The lowest BCUT2D eigenvalue weighted by Gasteiger charge is -2.22. The second-order valence-electron chi connectivity index (χ2n) is 4.12. The average Bonchev–Trinajstić information content (AvgIpc) is 2.67. The van der Waals surface area contributed by atoms with Gasteiger partial charge in [-0.3, -0.25) is 0 Å². The Hall–Kier alpha value is 0.360. The van der Waals surface area contributed by atoms with Crippen molar-refractivity contribution in [3.05, 3.63) is 0 Å². The molecule has 1 aliphatic rings. The van der Waals surface area contributed by atoms with Crippen LogP contribution in [-0.4, -0.2) is 66.1 Å². The summed E-state index contributed by atoms with van der Waals surface area (Å²) in [6.07, 6.45) is 2.47. The van der Waals surface area contributed by atoms with Crippen LogP contribution in [0.2, 0.25) is 0 Å². The summed E-state index contributed by atoms with van der Waals surface area (Å²) in [4.78, 5) is 4.70. The normalized spacial score (nSPS) is 20.6. The first kappa shape index (κ1) is 12.4. The fraction of sp³-hybridized carbons (Fsp3) is 1.00. The van der Waals surface area contributed by atoms with E-state index in [0.29, 0.717) is 5.33 Å². The number of hydrogen-bond acceptors (Lipinski definition) is 3. The number of halogens is 1. The minimum Gasteiger partial charge on any atom is -0.391 e. The molecule has 0 radical (unpaired) electrons. The Bertz CT molecular complexity index is 151. The van der Waals surface area contributed by atoms with Crippen LogP contribution >= 0.6 is 15.9 Å². The van der Waals surface area contributed by atoms with Gasteiger partial charge in [-0.1, -0.05) is 15.9 Å². The molecule has 0 aromatic rings. The van der Waals surface area contributed by atoms with Gasteiger partial charge in [-0.15, -0.1) is 0 Å². The van der Waals surface area contributed by atoms with Gasteiger partial charge in [0.1, 0.15) is 0 Å². The summed E-state index contributed by atoms with van der Waals surface area (Å²) in [6.45, 7) is 5.48. The number of nitrogens with zero attached hydrogens (tertiary/aromatic N) is 2. The van der Waals surface area contributed by atoms with Crippen molar-refractivity contribution in [3.8, 4) is 0 Å². The van der Waals surface area contributed by atoms with Crippen molar-refractivity contribution in [2.24, 2.45) is 0 Å². The molecular formula is C10H21BrN2O. The molecule has 0 amide bonds. The van der Waals surface area contributed by atoms with Gasteiger partial charge in [0.2, 0.25) is 0 Å². The van der Waals surface area contributed by atoms with Gasteiger partial charge in [-0.05, 0) is 33.0 Å². The molecular weight excluding hydrogens is 244 g/mol. The maximum atomic E-state index is 9.42. The Morgan fingerprint density at radius 3 is 2.64 bits per heavy atom. The molecule has 1 aliphatic heterocycles. The first-order valence-corrected chi connectivity index (χ1v) is 6.49. The van der Waals surface area contributed by atoms with Crippen molar-refractivity contribution in [1.29, 1.82) is 0 Å². The molecule has 0 spiro atoms. The molecule has 1 saturated heterocycles. The summed E-state index contributed by atoms with van der Waals surface area (Å²) in [5.74, 6) is 0. The lowest BCUT2D eigenvalue weighted by atomic mass is 10.3. The number of aliphatic hydroxyl groups is 1. The lowest BCUT2D eigenvalue weighted by molar-refractivity contribution is 0.139. The van der Waals surface area contributed by atoms with E-state index in [1.54, 1.807) is 0 Å². The molecule has 14 heavy (non-hydrogen) atoms. The van der Waals surface area contributed by atoms with Crippen LogP contribution in [0.5, 0.6) is 0 Å². The van der Waals surface area contributed by atoms with E-state index in [1.807, 2.05) is 0 Å². The molecule has 0 saturated carbocycles. The lowest BCUT2D eigenvalue weighted by Crippen LogP contribution is -2.36. The van der Waals surface area contributed by atoms with Gasteiger partial charge >= 0.3 is 0 Å². The van der Waals surface area contributed by atoms with Crippen molar-refractivity contribution in [3.63, 3.8) is 0 Å². The topological polar surface area (TPSA) is 26.7 Å². The minimum atomic E-state index is -0.237. The zero-order valence-corrected chi connectivity index (χ0v) is 10.5. The quantitative estimate of drug-likeness (QED) is 0.719. The van der Waals surface area contributed by atoms with Gasteiger partial charge < -0.3 is 14.9 Å². The molecule has 0 aliphatic carbocycles. The Morgan fingerprint density at radius 2 is 2.07 bits per heavy atom. The number of alkyl halides is 1. The first-order valence-electron chi connectivity index (χ1n) is 5.37. The van der Waals surface area contributed by atoms with Crippen molar-refractivity contribution in [1.82, 2.24) is 9.80 Å². The molecule has 3 nitrogen and oxygen atoms in total. The van der Waals surface area contributed by atoms with Crippen LogP contribution in [0.15, 0.2) is 0 Å². The molecule has 1 fully saturated rings. The number of likely N-dealkylation sites (tertiary alicyclic amines) is 1. The largest absolute Gasteiger partial charge is 0.391 e. The highest BCUT2D eigenvalue weighted by Crippen LogP contribution is 2.06. The van der Waals surface area contributed by atoms with Crippen LogP contribution in [0, 0.1) is 0 Å². The predicted octanol–water partition coefficient (Wildman–Crippen LogP) is 0.770. The molecule has 0 aromatic carbocycles. The Kier molecular flexibility index (Phi) is 6.01. The van der Waals surface area contributed by atoms with Crippen LogP contribution in [0.3, 0.4) is 0 Å². The van der Waals surface area contributed by atoms with Crippen LogP contribution in [0.1, 0.15) is 12.8 Å². The van der Waals surface area contributed by atoms with Crippen molar-refractivity contribution in [2.45, 2.75) is 18.9 Å². The molecule has 4 heteroatoms. The fourth-order valence-corrected chi connectivity index (χ4v) is 2.02. The average molecular weight is 265 g/mol. The molecule has 0 bridgehead atoms. The number of likely N-dealkylation sites (N-methyl/N-ethyl adjacent to an activating group) is 1. The van der Waals surface area contributed by atoms with E-state index in [0.717, 1.165) is 19.6 Å². The second kappa shape index (κ2) is 6.77. The summed E-state index contributed by atoms with van der Waals surface area (Å²) >= 11 is 3.27. The predicted molar refractivity (Wildman–Crippen MR) is 63.0 cm³/mol. The van der Waals surface area contributed by atoms with E-state index < -0.39 is 0 Å². The molecule has 1 atom stereocenters. The van der Waals surface area contributed by atoms with E-state index >= 15 is 0 Å². The fourth-order valence-electron chi connectivity index (χ4n) is 1.82. The highest BCUT2D eigenvalue weighted by atomic mass is 79.9. The van der Waals surface area contributed by atoms with Gasteiger partial charge in [0, 0.05) is 25.0 Å². The second-order valence-corrected chi connectivity index (χ2v) is 4.77. The third-order valence-corrected chi connectivity index (χ3v) is 3.44. The van der Waals surface area contributed by atoms with Crippen LogP contribution in [0.25, 0.3) is 0 Å². The number of hydrogen-bond donors (Lipinski definition) is 1. The summed E-state index contributed by atoms with van der Waals surface area (Å²) in [7, 11) is 2.07. The molecule has 0 aromatic heterocycles. The highest BCUT2D eigenvalue weighted by Gasteiger charge is 2.12. The molecule has 1 rings (SSSR count). The number of aliphatic hydroxyl groups excluding tert-OH is 1. The smallest absolute Gasteiger partial charge is 0.0763 e. The zero-order chi connectivity index (χ0) is 10.4. The summed E-state index contributed by atoms with van der Waals surface area (Å²) in [5.41, 5.74) is 0. The van der Waals surface area contributed by atoms with Crippen LogP contribution < -0.4 is 0 Å². The third-order valence-electron chi connectivity index (χ3n) is 2.70. The summed E-state index contributed by atoms with van der Waals surface area (Å²) in [5, 5.41) is 10.1. The maximum Gasteiger partial charge on any atom is 0.0763 e. The molecule has 1 heterocycles. The minimum absolute atomic E-state index is 0.237. The van der Waals surface area contributed by atoms with Crippen molar-refractivity contribution in [2.75, 3.05) is 45.1 Å². The first-order chi connectivity index (χ1) is 6.72. The molecule has 84 valence electrons. The monoisotopic (exact) mass is 264 g/mol. The maximum absolute atomic E-state index is 9.42. The van der Waals surface area contributed by atoms with Gasteiger partial charge in [0.15, 0.2) is 0 Å². The van der Waals surface area contributed by atoms with Gasteiger partial charge in [0.25, 0.3) is 0 Å². The zero-order valence-electron chi connectivity index (χ0n) is 8.95. The van der Waals surface area contributed by atoms with Gasteiger partial charge in [-0.25, -0.2) is 0 Å². The van der Waals surface area contributed by atoms with E-state index in [2.05, 4.69) is 32.8 Å². The van der Waals surface area contributed by atoms with Crippen molar-refractivity contribution < 1.29 is 5.11 Å². The van der Waals surface area contributed by atoms with Crippen LogP contribution in [-0.2, 0) is 0 Å². The van der Waals surface area contributed by atoms with E-state index in [1.165, 1.54) is 25.9 Å². The van der Waals surface area contributed by atoms with Crippen LogP contribution in [0.4, 0.5) is 0 Å². The summed E-state index contributed by atoms with van der Waals surface area (Å²) < 4.78 is 0. The molecule has 1 unspecified atom stereocenters.